The van der Waals surface area contributed by atoms with Gasteiger partial charge < -0.3 is 23.7 Å². The smallest absolute Gasteiger partial charge is 0.214 e. The number of ether oxygens (including phenoxy) is 5. The molecule has 0 bridgehead atoms. The summed E-state index contributed by atoms with van der Waals surface area (Å²) in [7, 11) is 5.00. The van der Waals surface area contributed by atoms with Crippen molar-refractivity contribution in [1.29, 1.82) is 0 Å². The number of hydrogen-bond acceptors (Lipinski definition) is 7. The van der Waals surface area contributed by atoms with E-state index in [1.54, 1.807) is 21.3 Å². The summed E-state index contributed by atoms with van der Waals surface area (Å²) in [6.45, 7) is 2.85. The molecular formula is C30H34N2O5. The Hall–Kier alpha value is -3.87. The molecule has 0 saturated carbocycles. The van der Waals surface area contributed by atoms with Gasteiger partial charge in [-0.3, -0.25) is 0 Å². The lowest BCUT2D eigenvalue weighted by Crippen LogP contribution is -2.33. The van der Waals surface area contributed by atoms with E-state index in [0.717, 1.165) is 65.3 Å². The van der Waals surface area contributed by atoms with E-state index in [1.165, 1.54) is 0 Å². The fourth-order valence-corrected chi connectivity index (χ4v) is 4.91. The van der Waals surface area contributed by atoms with Crippen molar-refractivity contribution in [3.8, 4) is 28.7 Å². The molecule has 7 heteroatoms. The molecule has 0 amide bonds. The predicted octanol–water partition coefficient (Wildman–Crippen LogP) is 6.52. The summed E-state index contributed by atoms with van der Waals surface area (Å²) in [4.78, 5) is 0. The number of hydrogen-bond donors (Lipinski definition) is 0. The molecule has 0 spiro atoms. The second-order valence-electron chi connectivity index (χ2n) is 9.19. The van der Waals surface area contributed by atoms with Gasteiger partial charge in [-0.1, -0.05) is 31.9 Å². The Kier molecular flexibility index (Phi) is 7.40. The van der Waals surface area contributed by atoms with Gasteiger partial charge in [-0.15, -0.1) is 0 Å². The molecular weight excluding hydrogens is 468 g/mol. The van der Waals surface area contributed by atoms with E-state index in [0.29, 0.717) is 18.1 Å². The number of methoxy groups -OCH3 is 3. The third-order valence-electron chi connectivity index (χ3n) is 6.90. The molecule has 37 heavy (non-hydrogen) atoms. The van der Waals surface area contributed by atoms with Crippen molar-refractivity contribution < 1.29 is 23.7 Å². The molecule has 0 unspecified atom stereocenters. The van der Waals surface area contributed by atoms with Crippen LogP contribution in [-0.4, -0.2) is 38.7 Å². The number of benzene rings is 3. The zero-order chi connectivity index (χ0) is 25.8. The van der Waals surface area contributed by atoms with Crippen LogP contribution in [0.15, 0.2) is 65.8 Å². The highest BCUT2D eigenvalue weighted by molar-refractivity contribution is 6.02. The van der Waals surface area contributed by atoms with Gasteiger partial charge in [0.05, 0.1) is 39.7 Å². The average molecular weight is 503 g/mol. The summed E-state index contributed by atoms with van der Waals surface area (Å²) in [6.07, 6.45) is 3.61. The van der Waals surface area contributed by atoms with E-state index in [9.17, 15) is 0 Å². The topological polar surface area (TPSA) is 61.8 Å². The molecule has 2 aliphatic rings. The lowest BCUT2D eigenvalue weighted by atomic mass is 9.95. The Morgan fingerprint density at radius 2 is 1.70 bits per heavy atom. The van der Waals surface area contributed by atoms with Gasteiger partial charge in [0.2, 0.25) is 6.23 Å². The van der Waals surface area contributed by atoms with Crippen LogP contribution in [0.2, 0.25) is 0 Å². The first-order valence-electron chi connectivity index (χ1n) is 12.8. The quantitative estimate of drug-likeness (QED) is 0.294. The number of rotatable bonds is 10. The van der Waals surface area contributed by atoms with Gasteiger partial charge in [0, 0.05) is 17.5 Å². The Morgan fingerprint density at radius 1 is 0.892 bits per heavy atom. The van der Waals surface area contributed by atoms with Crippen LogP contribution < -0.4 is 23.7 Å². The highest BCUT2D eigenvalue weighted by atomic mass is 16.5. The van der Waals surface area contributed by atoms with Crippen LogP contribution in [0.4, 0.5) is 0 Å². The van der Waals surface area contributed by atoms with Gasteiger partial charge in [-0.2, -0.15) is 5.10 Å². The molecule has 0 fully saturated rings. The average Bonchev–Trinajstić information content (AvgIpc) is 3.40. The van der Waals surface area contributed by atoms with Crippen LogP contribution in [-0.2, 0) is 0 Å². The van der Waals surface area contributed by atoms with Crippen molar-refractivity contribution in [3.05, 3.63) is 77.4 Å². The number of nitrogens with zero attached hydrogens (tertiary/aromatic N) is 2. The summed E-state index contributed by atoms with van der Waals surface area (Å²) in [5.41, 5.74) is 4.05. The zero-order valence-corrected chi connectivity index (χ0v) is 21.9. The first kappa shape index (κ1) is 24.8. The van der Waals surface area contributed by atoms with Gasteiger partial charge in [-0.05, 0) is 60.5 Å². The third kappa shape index (κ3) is 4.90. The molecule has 194 valence electrons. The second-order valence-corrected chi connectivity index (χ2v) is 9.19. The van der Waals surface area contributed by atoms with Crippen molar-refractivity contribution in [3.63, 3.8) is 0 Å². The van der Waals surface area contributed by atoms with Crippen molar-refractivity contribution in [2.24, 2.45) is 5.10 Å². The Balaban J connectivity index is 1.51. The molecule has 0 aliphatic carbocycles. The molecule has 0 radical (unpaired) electrons. The van der Waals surface area contributed by atoms with Gasteiger partial charge in [-0.25, -0.2) is 5.01 Å². The monoisotopic (exact) mass is 502 g/mol. The third-order valence-corrected chi connectivity index (χ3v) is 6.90. The number of fused-ring (bicyclic) bond motifs is 3. The second kappa shape index (κ2) is 11.0. The summed E-state index contributed by atoms with van der Waals surface area (Å²) >= 11 is 0. The molecule has 0 aromatic heterocycles. The molecule has 7 nitrogen and oxygen atoms in total. The number of hydrazone groups is 1. The first-order chi connectivity index (χ1) is 18.2. The number of unbranched alkanes of at least 4 members (excludes halogenated alkanes) is 2. The lowest BCUT2D eigenvalue weighted by molar-refractivity contribution is -0.0210. The van der Waals surface area contributed by atoms with Gasteiger partial charge in [0.15, 0.2) is 23.0 Å². The van der Waals surface area contributed by atoms with E-state index in [4.69, 9.17) is 28.8 Å². The molecule has 3 aromatic rings. The van der Waals surface area contributed by atoms with Crippen molar-refractivity contribution in [2.75, 3.05) is 27.9 Å². The maximum Gasteiger partial charge on any atom is 0.214 e. The maximum atomic E-state index is 6.60. The summed E-state index contributed by atoms with van der Waals surface area (Å²) in [5.74, 6) is 3.69. The van der Waals surface area contributed by atoms with Crippen LogP contribution in [0.25, 0.3) is 0 Å². The van der Waals surface area contributed by atoms with Crippen LogP contribution >= 0.6 is 0 Å². The largest absolute Gasteiger partial charge is 0.497 e. The maximum absolute atomic E-state index is 6.60. The van der Waals surface area contributed by atoms with E-state index in [2.05, 4.69) is 18.0 Å². The van der Waals surface area contributed by atoms with Crippen molar-refractivity contribution >= 4 is 5.71 Å². The highest BCUT2D eigenvalue weighted by Crippen LogP contribution is 2.51. The fourth-order valence-electron chi connectivity index (χ4n) is 4.91. The Morgan fingerprint density at radius 3 is 2.43 bits per heavy atom. The Labute approximate surface area is 218 Å². The normalized spacial score (nSPS) is 17.8. The minimum absolute atomic E-state index is 0.0110. The summed E-state index contributed by atoms with van der Waals surface area (Å²) < 4.78 is 29.3. The van der Waals surface area contributed by atoms with Crippen LogP contribution in [0, 0.1) is 0 Å². The lowest BCUT2D eigenvalue weighted by Gasteiger charge is -2.38. The molecule has 2 heterocycles. The Bertz CT molecular complexity index is 1260. The minimum atomic E-state index is -0.451. The van der Waals surface area contributed by atoms with E-state index >= 15 is 0 Å². The van der Waals surface area contributed by atoms with Crippen molar-refractivity contribution in [1.82, 2.24) is 5.01 Å². The van der Waals surface area contributed by atoms with Crippen LogP contribution in [0.1, 0.15) is 61.6 Å². The minimum Gasteiger partial charge on any atom is -0.497 e. The fraction of sp³-hybridized carbons (Fsp3) is 0.367. The molecule has 3 aromatic carbocycles. The van der Waals surface area contributed by atoms with E-state index in [1.807, 2.05) is 54.6 Å². The van der Waals surface area contributed by atoms with Crippen molar-refractivity contribution in [2.45, 2.75) is 44.9 Å². The molecule has 0 saturated heterocycles. The van der Waals surface area contributed by atoms with Crippen LogP contribution in [0.5, 0.6) is 28.7 Å². The standard InChI is InChI=1S/C30H34N2O5/c1-5-6-7-17-36-26-16-13-21(18-28(26)35-4)30-32-25(23-9-8-10-27(34-3)29(23)37-30)19-24(31-32)20-11-14-22(33-2)15-12-20/h8-16,18,25,30H,5-7,17,19H2,1-4H3/t25-,30-/m1/s1. The molecule has 2 aliphatic heterocycles. The molecule has 2 atom stereocenters. The highest BCUT2D eigenvalue weighted by Gasteiger charge is 2.42. The van der Waals surface area contributed by atoms with E-state index in [-0.39, 0.29) is 6.04 Å². The molecule has 0 N–H and O–H groups in total. The summed E-state index contributed by atoms with van der Waals surface area (Å²) in [6, 6.07) is 20.0. The van der Waals surface area contributed by atoms with Gasteiger partial charge in [0.1, 0.15) is 5.75 Å². The van der Waals surface area contributed by atoms with E-state index < -0.39 is 6.23 Å². The zero-order valence-electron chi connectivity index (χ0n) is 21.9. The van der Waals surface area contributed by atoms with Gasteiger partial charge >= 0.3 is 0 Å². The number of para-hydroxylation sites is 1. The first-order valence-corrected chi connectivity index (χ1v) is 12.8. The summed E-state index contributed by atoms with van der Waals surface area (Å²) in [5, 5.41) is 7.12. The SMILES string of the molecule is CCCCCOc1ccc([C@H]2Oc3c(OC)cccc3[C@H]3CC(c4ccc(OC)cc4)=NN32)cc1OC. The van der Waals surface area contributed by atoms with Gasteiger partial charge in [0.25, 0.3) is 0 Å². The predicted molar refractivity (Wildman–Crippen MR) is 143 cm³/mol. The molecule has 5 rings (SSSR count). The van der Waals surface area contributed by atoms with Crippen LogP contribution in [0.3, 0.4) is 0 Å².